The van der Waals surface area contributed by atoms with Crippen molar-refractivity contribution in [3.8, 4) is 22.5 Å². The SMILES string of the molecule is O=CO.O=c1ccc(-c2c(-c3ccc(F)cc3)ncn2C2CCOCC2)c[nH]1. The average molecular weight is 385 g/mol. The number of pyridine rings is 1. The van der Waals surface area contributed by atoms with Crippen LogP contribution in [0.1, 0.15) is 18.9 Å². The molecule has 0 spiro atoms. The van der Waals surface area contributed by atoms with Gasteiger partial charge in [0.1, 0.15) is 5.82 Å². The number of imidazole rings is 1. The minimum Gasteiger partial charge on any atom is -0.483 e. The topological polar surface area (TPSA) is 97.2 Å². The summed E-state index contributed by atoms with van der Waals surface area (Å²) in [6.07, 6.45) is 5.35. The molecule has 0 saturated carbocycles. The average Bonchev–Trinajstić information content (AvgIpc) is 3.15. The fraction of sp³-hybridized carbons (Fsp3) is 0.250. The third-order valence-corrected chi connectivity index (χ3v) is 4.55. The van der Waals surface area contributed by atoms with Gasteiger partial charge in [-0.25, -0.2) is 9.37 Å². The molecule has 2 N–H and O–H groups in total. The number of nitrogens with zero attached hydrogens (tertiary/aromatic N) is 2. The van der Waals surface area contributed by atoms with Gasteiger partial charge in [-0.1, -0.05) is 0 Å². The molecular weight excluding hydrogens is 365 g/mol. The summed E-state index contributed by atoms with van der Waals surface area (Å²) in [4.78, 5) is 27.1. The number of carbonyl (C=O) groups is 1. The highest BCUT2D eigenvalue weighted by molar-refractivity contribution is 5.78. The van der Waals surface area contributed by atoms with Crippen molar-refractivity contribution >= 4 is 6.47 Å². The lowest BCUT2D eigenvalue weighted by atomic mass is 10.0. The van der Waals surface area contributed by atoms with E-state index in [1.807, 2.05) is 6.33 Å². The Morgan fingerprint density at radius 3 is 2.39 bits per heavy atom. The minimum atomic E-state index is -0.279. The number of carboxylic acid groups (broad SMARTS) is 1. The molecule has 0 aliphatic carbocycles. The molecule has 1 aliphatic rings. The summed E-state index contributed by atoms with van der Waals surface area (Å²) in [5.74, 6) is -0.279. The van der Waals surface area contributed by atoms with Crippen molar-refractivity contribution in [1.29, 1.82) is 0 Å². The Bertz CT molecular complexity index is 955. The molecule has 0 amide bonds. The van der Waals surface area contributed by atoms with Crippen LogP contribution in [0.3, 0.4) is 0 Å². The van der Waals surface area contributed by atoms with Crippen molar-refractivity contribution in [3.05, 3.63) is 65.1 Å². The lowest BCUT2D eigenvalue weighted by Crippen LogP contribution is -2.19. The van der Waals surface area contributed by atoms with Gasteiger partial charge < -0.3 is 19.4 Å². The number of ether oxygens (including phenoxy) is 1. The van der Waals surface area contributed by atoms with Crippen LogP contribution in [0.4, 0.5) is 4.39 Å². The zero-order valence-corrected chi connectivity index (χ0v) is 15.0. The zero-order valence-electron chi connectivity index (χ0n) is 15.0. The van der Waals surface area contributed by atoms with E-state index in [2.05, 4.69) is 14.5 Å². The molecular formula is C20H20FN3O4. The highest BCUT2D eigenvalue weighted by Gasteiger charge is 2.22. The van der Waals surface area contributed by atoms with Crippen LogP contribution in [0, 0.1) is 5.82 Å². The standard InChI is InChI=1S/C19H18FN3O2.CH2O2/c20-15-4-1-13(2-5-15)18-19(14-3-6-17(24)21-11-14)23(12-22-18)16-7-9-25-10-8-16;2-1-3/h1-6,11-12,16H,7-10H2,(H,21,24);1H,(H,2,3). The molecule has 1 aromatic carbocycles. The first-order valence-electron chi connectivity index (χ1n) is 8.81. The van der Waals surface area contributed by atoms with Gasteiger partial charge in [0.2, 0.25) is 5.56 Å². The molecule has 0 radical (unpaired) electrons. The van der Waals surface area contributed by atoms with Crippen LogP contribution in [0.5, 0.6) is 0 Å². The van der Waals surface area contributed by atoms with Crippen LogP contribution in [0.25, 0.3) is 22.5 Å². The van der Waals surface area contributed by atoms with Gasteiger partial charge in [-0.2, -0.15) is 0 Å². The maximum Gasteiger partial charge on any atom is 0.290 e. The van der Waals surface area contributed by atoms with Crippen molar-refractivity contribution in [2.45, 2.75) is 18.9 Å². The fourth-order valence-corrected chi connectivity index (χ4v) is 3.26. The van der Waals surface area contributed by atoms with Gasteiger partial charge >= 0.3 is 0 Å². The van der Waals surface area contributed by atoms with Crippen LogP contribution in [-0.2, 0) is 9.53 Å². The minimum absolute atomic E-state index is 0.149. The molecule has 28 heavy (non-hydrogen) atoms. The number of aromatic nitrogens is 3. The normalized spacial score (nSPS) is 14.2. The Balaban J connectivity index is 0.000000706. The fourth-order valence-electron chi connectivity index (χ4n) is 3.26. The Morgan fingerprint density at radius 1 is 1.14 bits per heavy atom. The van der Waals surface area contributed by atoms with Crippen molar-refractivity contribution < 1.29 is 19.0 Å². The maximum absolute atomic E-state index is 13.3. The summed E-state index contributed by atoms with van der Waals surface area (Å²) < 4.78 is 20.9. The summed E-state index contributed by atoms with van der Waals surface area (Å²) in [5, 5.41) is 6.89. The van der Waals surface area contributed by atoms with Crippen molar-refractivity contribution in [2.24, 2.45) is 0 Å². The van der Waals surface area contributed by atoms with Gasteiger partial charge in [0.25, 0.3) is 6.47 Å². The number of aromatic amines is 1. The largest absolute Gasteiger partial charge is 0.483 e. The molecule has 1 aliphatic heterocycles. The van der Waals surface area contributed by atoms with Gasteiger partial charge in [0.15, 0.2) is 0 Å². The van der Waals surface area contributed by atoms with Crippen molar-refractivity contribution in [1.82, 2.24) is 14.5 Å². The lowest BCUT2D eigenvalue weighted by Gasteiger charge is -2.25. The molecule has 0 bridgehead atoms. The summed E-state index contributed by atoms with van der Waals surface area (Å²) in [7, 11) is 0. The highest BCUT2D eigenvalue weighted by Crippen LogP contribution is 2.35. The Hall–Kier alpha value is -3.26. The van der Waals surface area contributed by atoms with Gasteiger partial charge in [0.05, 0.1) is 17.7 Å². The first-order valence-corrected chi connectivity index (χ1v) is 8.81. The number of nitrogens with one attached hydrogen (secondary N) is 1. The smallest absolute Gasteiger partial charge is 0.290 e. The third-order valence-electron chi connectivity index (χ3n) is 4.55. The molecule has 3 heterocycles. The highest BCUT2D eigenvalue weighted by atomic mass is 19.1. The van der Waals surface area contributed by atoms with Crippen LogP contribution in [0.15, 0.2) is 53.7 Å². The van der Waals surface area contributed by atoms with E-state index in [-0.39, 0.29) is 23.9 Å². The molecule has 7 nitrogen and oxygen atoms in total. The lowest BCUT2D eigenvalue weighted by molar-refractivity contribution is -0.122. The van der Waals surface area contributed by atoms with Crippen LogP contribution >= 0.6 is 0 Å². The van der Waals surface area contributed by atoms with E-state index in [0.29, 0.717) is 0 Å². The van der Waals surface area contributed by atoms with E-state index in [1.165, 1.54) is 18.2 Å². The predicted molar refractivity (Wildman–Crippen MR) is 101 cm³/mol. The first kappa shape index (κ1) is 19.5. The molecule has 4 rings (SSSR count). The summed E-state index contributed by atoms with van der Waals surface area (Å²) in [5.41, 5.74) is 3.27. The Labute approximate surface area is 160 Å². The number of H-pyrrole nitrogens is 1. The van der Waals surface area contributed by atoms with E-state index < -0.39 is 0 Å². The molecule has 0 unspecified atom stereocenters. The number of rotatable bonds is 3. The van der Waals surface area contributed by atoms with Gasteiger partial charge in [-0.15, -0.1) is 0 Å². The molecule has 3 aromatic rings. The molecule has 146 valence electrons. The first-order chi connectivity index (χ1) is 13.6. The summed E-state index contributed by atoms with van der Waals surface area (Å²) in [6, 6.07) is 9.89. The summed E-state index contributed by atoms with van der Waals surface area (Å²) >= 11 is 0. The second-order valence-electron chi connectivity index (χ2n) is 6.25. The number of hydrogen-bond acceptors (Lipinski definition) is 4. The van der Waals surface area contributed by atoms with Crippen LogP contribution in [0.2, 0.25) is 0 Å². The van der Waals surface area contributed by atoms with Gasteiger partial charge in [-0.05, 0) is 43.2 Å². The third kappa shape index (κ3) is 4.34. The molecule has 8 heteroatoms. The zero-order chi connectivity index (χ0) is 19.9. The number of halogens is 1. The molecule has 1 saturated heterocycles. The monoisotopic (exact) mass is 385 g/mol. The number of benzene rings is 1. The van der Waals surface area contributed by atoms with E-state index in [4.69, 9.17) is 14.6 Å². The maximum atomic E-state index is 13.3. The number of hydrogen-bond donors (Lipinski definition) is 2. The van der Waals surface area contributed by atoms with Crippen LogP contribution in [-0.4, -0.2) is 39.3 Å². The Morgan fingerprint density at radius 2 is 1.79 bits per heavy atom. The van der Waals surface area contributed by atoms with Crippen LogP contribution < -0.4 is 5.56 Å². The molecule has 0 atom stereocenters. The van der Waals surface area contributed by atoms with E-state index in [1.54, 1.807) is 24.4 Å². The van der Waals surface area contributed by atoms with E-state index >= 15 is 0 Å². The Kier molecular flexibility index (Phi) is 6.33. The van der Waals surface area contributed by atoms with Gasteiger partial charge in [0, 0.05) is 42.6 Å². The second kappa shape index (κ2) is 9.09. The quantitative estimate of drug-likeness (QED) is 0.675. The molecule has 1 fully saturated rings. The summed E-state index contributed by atoms with van der Waals surface area (Å²) in [6.45, 7) is 1.19. The van der Waals surface area contributed by atoms with E-state index in [9.17, 15) is 9.18 Å². The predicted octanol–water partition coefficient (Wildman–Crippen LogP) is 3.10. The van der Waals surface area contributed by atoms with E-state index in [0.717, 1.165) is 48.6 Å². The molecule has 2 aromatic heterocycles. The van der Waals surface area contributed by atoms with Gasteiger partial charge in [-0.3, -0.25) is 9.59 Å². The second-order valence-corrected chi connectivity index (χ2v) is 6.25. The van der Waals surface area contributed by atoms with Crippen molar-refractivity contribution in [2.75, 3.05) is 13.2 Å². The van der Waals surface area contributed by atoms with Crippen molar-refractivity contribution in [3.63, 3.8) is 0 Å².